The second-order valence-electron chi connectivity index (χ2n) is 5.90. The smallest absolute Gasteiger partial charge is 0.271 e. The van der Waals surface area contributed by atoms with Crippen molar-refractivity contribution in [1.82, 2.24) is 20.4 Å². The molecule has 134 valence electrons. The summed E-state index contributed by atoms with van der Waals surface area (Å²) >= 11 is 0. The predicted octanol–water partition coefficient (Wildman–Crippen LogP) is 0.0235. The molecule has 0 saturated carbocycles. The van der Waals surface area contributed by atoms with Crippen LogP contribution in [-0.4, -0.2) is 46.5 Å². The molecule has 7 nitrogen and oxygen atoms in total. The minimum Gasteiger partial charge on any atom is -0.391 e. The van der Waals surface area contributed by atoms with Gasteiger partial charge in [0.2, 0.25) is 0 Å². The average Bonchev–Trinajstić information content (AvgIpc) is 3.00. The van der Waals surface area contributed by atoms with Crippen molar-refractivity contribution < 1.29 is 9.90 Å². The quantitative estimate of drug-likeness (QED) is 0.695. The Hall–Kier alpha value is -2.22. The van der Waals surface area contributed by atoms with Gasteiger partial charge in [0.15, 0.2) is 0 Å². The van der Waals surface area contributed by atoms with Crippen molar-refractivity contribution in [2.24, 2.45) is 5.92 Å². The van der Waals surface area contributed by atoms with E-state index in [0.717, 1.165) is 5.56 Å². The molecule has 1 aliphatic rings. The van der Waals surface area contributed by atoms with E-state index in [2.05, 4.69) is 15.7 Å². The number of aliphatic hydroxyl groups excluding tert-OH is 1. The molecule has 3 N–H and O–H groups in total. The topological polar surface area (TPSA) is 96.3 Å². The number of carbonyl (C=O) groups is 1. The number of nitrogens with zero attached hydrogens (tertiary/aromatic N) is 2. The van der Waals surface area contributed by atoms with E-state index in [-0.39, 0.29) is 35.5 Å². The van der Waals surface area contributed by atoms with Crippen molar-refractivity contribution >= 4 is 18.3 Å². The molecule has 2 atom stereocenters. The molecule has 1 saturated heterocycles. The van der Waals surface area contributed by atoms with Crippen molar-refractivity contribution in [3.63, 3.8) is 0 Å². The molecular formula is C17H21ClN4O3. The summed E-state index contributed by atoms with van der Waals surface area (Å²) in [6, 6.07) is 12.2. The van der Waals surface area contributed by atoms with Crippen LogP contribution in [0.5, 0.6) is 0 Å². The first-order valence-corrected chi connectivity index (χ1v) is 7.92. The van der Waals surface area contributed by atoms with E-state index in [9.17, 15) is 14.7 Å². The van der Waals surface area contributed by atoms with Crippen LogP contribution in [0.4, 0.5) is 0 Å². The van der Waals surface area contributed by atoms with Gasteiger partial charge in [-0.25, -0.2) is 4.68 Å². The normalized spacial score (nSPS) is 19.2. The van der Waals surface area contributed by atoms with Crippen LogP contribution in [0.2, 0.25) is 0 Å². The summed E-state index contributed by atoms with van der Waals surface area (Å²) in [6.45, 7) is 1.89. The van der Waals surface area contributed by atoms with E-state index in [4.69, 9.17) is 0 Å². The van der Waals surface area contributed by atoms with Gasteiger partial charge < -0.3 is 15.7 Å². The molecule has 2 heterocycles. The third-order valence-electron chi connectivity index (χ3n) is 4.10. The van der Waals surface area contributed by atoms with Crippen LogP contribution in [0.1, 0.15) is 16.1 Å². The standard InChI is InChI=1S/C17H20N4O3.ClH/c22-15-10-18-8-13(15)9-19-17(24)14-6-7-16(23)21(20-14)11-12-4-2-1-3-5-12;/h1-7,13,15,18,22H,8-11H2,(H,19,24);1H. The van der Waals surface area contributed by atoms with E-state index in [0.29, 0.717) is 26.2 Å². The summed E-state index contributed by atoms with van der Waals surface area (Å²) in [6.07, 6.45) is -0.453. The van der Waals surface area contributed by atoms with Crippen molar-refractivity contribution in [3.05, 3.63) is 64.1 Å². The van der Waals surface area contributed by atoms with Gasteiger partial charge >= 0.3 is 0 Å². The van der Waals surface area contributed by atoms with Gasteiger partial charge in [-0.3, -0.25) is 9.59 Å². The van der Waals surface area contributed by atoms with Crippen molar-refractivity contribution in [3.8, 4) is 0 Å². The van der Waals surface area contributed by atoms with Gasteiger partial charge in [-0.15, -0.1) is 12.4 Å². The molecule has 1 aliphatic heterocycles. The van der Waals surface area contributed by atoms with Crippen LogP contribution < -0.4 is 16.2 Å². The third-order valence-corrected chi connectivity index (χ3v) is 4.10. The first-order valence-electron chi connectivity index (χ1n) is 7.92. The van der Waals surface area contributed by atoms with E-state index < -0.39 is 6.10 Å². The molecule has 1 aromatic carbocycles. The van der Waals surface area contributed by atoms with Crippen molar-refractivity contribution in [1.29, 1.82) is 0 Å². The Morgan fingerprint density at radius 3 is 2.68 bits per heavy atom. The summed E-state index contributed by atoms with van der Waals surface area (Å²) in [5.74, 6) is -0.361. The molecule has 1 amide bonds. The molecule has 0 bridgehead atoms. The first kappa shape index (κ1) is 19.1. The van der Waals surface area contributed by atoms with Crippen LogP contribution in [-0.2, 0) is 6.54 Å². The number of aliphatic hydroxyl groups is 1. The first-order chi connectivity index (χ1) is 11.6. The van der Waals surface area contributed by atoms with Gasteiger partial charge in [-0.05, 0) is 11.6 Å². The van der Waals surface area contributed by atoms with Gasteiger partial charge in [0.1, 0.15) is 5.69 Å². The monoisotopic (exact) mass is 364 g/mol. The SMILES string of the molecule is Cl.O=C(NCC1CNCC1O)c1ccc(=O)n(Cc2ccccc2)n1. The highest BCUT2D eigenvalue weighted by Crippen LogP contribution is 2.07. The molecule has 1 aromatic heterocycles. The summed E-state index contributed by atoms with van der Waals surface area (Å²) in [4.78, 5) is 24.2. The lowest BCUT2D eigenvalue weighted by atomic mass is 10.1. The molecule has 25 heavy (non-hydrogen) atoms. The molecule has 1 fully saturated rings. The molecule has 2 unspecified atom stereocenters. The Kier molecular flexibility index (Phi) is 6.69. The molecule has 0 radical (unpaired) electrons. The maximum atomic E-state index is 12.2. The highest BCUT2D eigenvalue weighted by Gasteiger charge is 2.25. The Morgan fingerprint density at radius 1 is 1.24 bits per heavy atom. The second-order valence-corrected chi connectivity index (χ2v) is 5.90. The number of carbonyl (C=O) groups excluding carboxylic acids is 1. The lowest BCUT2D eigenvalue weighted by molar-refractivity contribution is 0.0919. The summed E-state index contributed by atoms with van der Waals surface area (Å²) in [5, 5.41) is 19.7. The number of amides is 1. The van der Waals surface area contributed by atoms with Crippen LogP contribution >= 0.6 is 12.4 Å². The van der Waals surface area contributed by atoms with Gasteiger partial charge in [-0.2, -0.15) is 5.10 Å². The third kappa shape index (κ3) is 4.88. The fourth-order valence-electron chi connectivity index (χ4n) is 2.68. The molecule has 2 aromatic rings. The van der Waals surface area contributed by atoms with Crippen molar-refractivity contribution in [2.45, 2.75) is 12.6 Å². The minimum atomic E-state index is -0.453. The Morgan fingerprint density at radius 2 is 2.00 bits per heavy atom. The largest absolute Gasteiger partial charge is 0.391 e. The highest BCUT2D eigenvalue weighted by atomic mass is 35.5. The van der Waals surface area contributed by atoms with Crippen LogP contribution in [0.25, 0.3) is 0 Å². The van der Waals surface area contributed by atoms with Gasteiger partial charge in [-0.1, -0.05) is 30.3 Å². The zero-order chi connectivity index (χ0) is 16.9. The minimum absolute atomic E-state index is 0. The summed E-state index contributed by atoms with van der Waals surface area (Å²) in [5.41, 5.74) is 0.863. The van der Waals surface area contributed by atoms with Gasteiger partial charge in [0.05, 0.1) is 12.6 Å². The second kappa shape index (κ2) is 8.75. The molecular weight excluding hydrogens is 344 g/mol. The zero-order valence-electron chi connectivity index (χ0n) is 13.6. The van der Waals surface area contributed by atoms with Crippen LogP contribution in [0.3, 0.4) is 0 Å². The predicted molar refractivity (Wildman–Crippen MR) is 96.0 cm³/mol. The number of hydrogen-bond acceptors (Lipinski definition) is 5. The lowest BCUT2D eigenvalue weighted by Gasteiger charge is -2.14. The molecule has 8 heteroatoms. The zero-order valence-corrected chi connectivity index (χ0v) is 14.4. The highest BCUT2D eigenvalue weighted by molar-refractivity contribution is 5.92. The van der Waals surface area contributed by atoms with Crippen LogP contribution in [0.15, 0.2) is 47.3 Å². The summed E-state index contributed by atoms with van der Waals surface area (Å²) < 4.78 is 1.27. The van der Waals surface area contributed by atoms with E-state index in [1.807, 2.05) is 30.3 Å². The van der Waals surface area contributed by atoms with E-state index in [1.54, 1.807) is 0 Å². The lowest BCUT2D eigenvalue weighted by Crippen LogP contribution is -2.36. The molecule has 0 aliphatic carbocycles. The number of halogens is 1. The molecule has 0 spiro atoms. The number of aromatic nitrogens is 2. The van der Waals surface area contributed by atoms with E-state index >= 15 is 0 Å². The number of hydrogen-bond donors (Lipinski definition) is 3. The van der Waals surface area contributed by atoms with Gasteiger partial charge in [0.25, 0.3) is 11.5 Å². The van der Waals surface area contributed by atoms with E-state index in [1.165, 1.54) is 16.8 Å². The fraction of sp³-hybridized carbons (Fsp3) is 0.353. The van der Waals surface area contributed by atoms with Crippen molar-refractivity contribution in [2.75, 3.05) is 19.6 Å². The molecule has 3 rings (SSSR count). The van der Waals surface area contributed by atoms with Gasteiger partial charge in [0, 0.05) is 31.6 Å². The average molecular weight is 365 g/mol. The number of β-amino-alcohol motifs (C(OH)–C–C–N with tert-alkyl or cyclic N) is 1. The maximum absolute atomic E-state index is 12.2. The number of benzene rings is 1. The Bertz CT molecular complexity index is 766. The van der Waals surface area contributed by atoms with Crippen LogP contribution in [0, 0.1) is 5.92 Å². The maximum Gasteiger partial charge on any atom is 0.271 e. The number of rotatable bonds is 5. The fourth-order valence-corrected chi connectivity index (χ4v) is 2.68. The number of nitrogens with one attached hydrogen (secondary N) is 2. The summed E-state index contributed by atoms with van der Waals surface area (Å²) in [7, 11) is 0. The Balaban J connectivity index is 0.00000225. The Labute approximate surface area is 151 Å².